The molecule has 1 aromatic rings. The number of ether oxygens (including phenoxy) is 1. The van der Waals surface area contributed by atoms with Crippen molar-refractivity contribution >= 4 is 28.2 Å². The number of carbonyl (C=O) groups excluding carboxylic acids is 1. The standard InChI is InChI=1S/C12H14BrNO2/c1-12(2,3)16-11(15)14-8-9-4-6-10(13)7-5-9/h4-8H,1-3H3/b14-8+. The van der Waals surface area contributed by atoms with Gasteiger partial charge < -0.3 is 4.74 Å². The first kappa shape index (κ1) is 12.9. The van der Waals surface area contributed by atoms with E-state index >= 15 is 0 Å². The van der Waals surface area contributed by atoms with Gasteiger partial charge in [0.1, 0.15) is 5.60 Å². The Balaban J connectivity index is 2.60. The lowest BCUT2D eigenvalue weighted by Crippen LogP contribution is -2.21. The number of amides is 1. The number of benzene rings is 1. The summed E-state index contributed by atoms with van der Waals surface area (Å²) in [6.07, 6.45) is 0.913. The van der Waals surface area contributed by atoms with Crippen LogP contribution in [0.4, 0.5) is 4.79 Å². The molecule has 0 unspecified atom stereocenters. The Labute approximate surface area is 104 Å². The van der Waals surface area contributed by atoms with E-state index in [-0.39, 0.29) is 0 Å². The second-order valence-corrected chi connectivity index (χ2v) is 5.21. The van der Waals surface area contributed by atoms with Crippen LogP contribution in [0.25, 0.3) is 0 Å². The summed E-state index contributed by atoms with van der Waals surface area (Å²) in [5.74, 6) is 0. The monoisotopic (exact) mass is 283 g/mol. The van der Waals surface area contributed by atoms with Gasteiger partial charge in [-0.05, 0) is 38.5 Å². The number of hydrogen-bond acceptors (Lipinski definition) is 2. The van der Waals surface area contributed by atoms with Crippen LogP contribution >= 0.6 is 15.9 Å². The second-order valence-electron chi connectivity index (χ2n) is 4.29. The minimum atomic E-state index is -0.574. The zero-order chi connectivity index (χ0) is 12.2. The minimum absolute atomic E-state index is 0.506. The van der Waals surface area contributed by atoms with Crippen LogP contribution in [0.1, 0.15) is 26.3 Å². The van der Waals surface area contributed by atoms with Crippen LogP contribution in [-0.2, 0) is 4.74 Å². The first-order valence-electron chi connectivity index (χ1n) is 4.89. The van der Waals surface area contributed by atoms with Gasteiger partial charge in [-0.2, -0.15) is 4.99 Å². The molecule has 0 aromatic heterocycles. The fraction of sp³-hybridized carbons (Fsp3) is 0.333. The van der Waals surface area contributed by atoms with Gasteiger partial charge in [0.2, 0.25) is 0 Å². The topological polar surface area (TPSA) is 38.7 Å². The van der Waals surface area contributed by atoms with Gasteiger partial charge in [-0.1, -0.05) is 28.1 Å². The van der Waals surface area contributed by atoms with E-state index in [4.69, 9.17) is 4.74 Å². The van der Waals surface area contributed by atoms with Crippen molar-refractivity contribution in [2.45, 2.75) is 26.4 Å². The summed E-state index contributed by atoms with van der Waals surface area (Å²) in [5.41, 5.74) is 0.350. The van der Waals surface area contributed by atoms with Gasteiger partial charge in [0.05, 0.1) is 0 Å². The Hall–Kier alpha value is -1.16. The van der Waals surface area contributed by atoms with Crippen molar-refractivity contribution in [2.75, 3.05) is 0 Å². The highest BCUT2D eigenvalue weighted by Crippen LogP contribution is 2.10. The summed E-state index contributed by atoms with van der Waals surface area (Å²) < 4.78 is 6.02. The summed E-state index contributed by atoms with van der Waals surface area (Å²) in [5, 5.41) is 0. The molecule has 3 nitrogen and oxygen atoms in total. The zero-order valence-corrected chi connectivity index (χ0v) is 11.1. The molecule has 0 saturated carbocycles. The smallest absolute Gasteiger partial charge is 0.434 e. The summed E-state index contributed by atoms with van der Waals surface area (Å²) in [6, 6.07) is 7.49. The number of rotatable bonds is 1. The molecule has 0 radical (unpaired) electrons. The average molecular weight is 284 g/mol. The van der Waals surface area contributed by atoms with Crippen LogP contribution in [-0.4, -0.2) is 17.9 Å². The predicted molar refractivity (Wildman–Crippen MR) is 68.0 cm³/mol. The number of nitrogens with zero attached hydrogens (tertiary/aromatic N) is 1. The molecule has 0 heterocycles. The molecule has 86 valence electrons. The normalized spacial score (nSPS) is 11.8. The fourth-order valence-electron chi connectivity index (χ4n) is 0.964. The van der Waals surface area contributed by atoms with Gasteiger partial charge in [-0.15, -0.1) is 0 Å². The van der Waals surface area contributed by atoms with Crippen LogP contribution in [0.3, 0.4) is 0 Å². The van der Waals surface area contributed by atoms with Crippen molar-refractivity contribution in [3.63, 3.8) is 0 Å². The second kappa shape index (κ2) is 5.25. The fourth-order valence-corrected chi connectivity index (χ4v) is 1.23. The average Bonchev–Trinajstić information content (AvgIpc) is 2.14. The molecule has 1 aromatic carbocycles. The third-order valence-corrected chi connectivity index (χ3v) is 2.11. The van der Waals surface area contributed by atoms with E-state index in [1.807, 2.05) is 24.3 Å². The maximum atomic E-state index is 11.3. The number of aliphatic imine (C=N–C) groups is 1. The Kier molecular flexibility index (Phi) is 4.24. The van der Waals surface area contributed by atoms with Crippen molar-refractivity contribution in [2.24, 2.45) is 4.99 Å². The molecule has 0 fully saturated rings. The van der Waals surface area contributed by atoms with E-state index < -0.39 is 11.7 Å². The van der Waals surface area contributed by atoms with Crippen LogP contribution in [0, 0.1) is 0 Å². The van der Waals surface area contributed by atoms with Gasteiger partial charge in [0.25, 0.3) is 0 Å². The Morgan fingerprint density at radius 1 is 1.31 bits per heavy atom. The van der Waals surface area contributed by atoms with E-state index in [0.717, 1.165) is 10.0 Å². The zero-order valence-electron chi connectivity index (χ0n) is 9.53. The molecule has 1 amide bonds. The van der Waals surface area contributed by atoms with Crippen LogP contribution in [0.15, 0.2) is 33.7 Å². The van der Waals surface area contributed by atoms with Crippen LogP contribution in [0.2, 0.25) is 0 Å². The number of carbonyl (C=O) groups is 1. The molecule has 0 aliphatic rings. The highest BCUT2D eigenvalue weighted by atomic mass is 79.9. The lowest BCUT2D eigenvalue weighted by molar-refractivity contribution is 0.0605. The maximum absolute atomic E-state index is 11.3. The highest BCUT2D eigenvalue weighted by Gasteiger charge is 2.14. The molecular weight excluding hydrogens is 270 g/mol. The molecule has 4 heteroatoms. The summed E-state index contributed by atoms with van der Waals surface area (Å²) in [6.45, 7) is 5.42. The molecule has 0 aliphatic carbocycles. The summed E-state index contributed by atoms with van der Waals surface area (Å²) in [7, 11) is 0. The van der Waals surface area contributed by atoms with Crippen molar-refractivity contribution in [3.8, 4) is 0 Å². The number of halogens is 1. The molecule has 1 rings (SSSR count). The first-order chi connectivity index (χ1) is 7.37. The molecule has 0 aliphatic heterocycles. The van der Waals surface area contributed by atoms with Crippen molar-refractivity contribution in [1.82, 2.24) is 0 Å². The largest absolute Gasteiger partial charge is 0.442 e. The van der Waals surface area contributed by atoms with Crippen molar-refractivity contribution in [3.05, 3.63) is 34.3 Å². The van der Waals surface area contributed by atoms with Crippen LogP contribution in [0.5, 0.6) is 0 Å². The van der Waals surface area contributed by atoms with Crippen molar-refractivity contribution < 1.29 is 9.53 Å². The first-order valence-corrected chi connectivity index (χ1v) is 5.69. The molecule has 0 saturated heterocycles. The van der Waals surface area contributed by atoms with E-state index in [1.165, 1.54) is 6.21 Å². The van der Waals surface area contributed by atoms with E-state index in [1.54, 1.807) is 20.8 Å². The molecule has 0 N–H and O–H groups in total. The lowest BCUT2D eigenvalue weighted by Gasteiger charge is -2.17. The third-order valence-electron chi connectivity index (χ3n) is 1.58. The Morgan fingerprint density at radius 2 is 1.88 bits per heavy atom. The SMILES string of the molecule is CC(C)(C)OC(=O)/N=C/c1ccc(Br)cc1. The molecular formula is C12H14BrNO2. The lowest BCUT2D eigenvalue weighted by atomic mass is 10.2. The minimum Gasteiger partial charge on any atom is -0.442 e. The van der Waals surface area contributed by atoms with Gasteiger partial charge in [0.15, 0.2) is 0 Å². The van der Waals surface area contributed by atoms with E-state index in [2.05, 4.69) is 20.9 Å². The number of hydrogen-bond donors (Lipinski definition) is 0. The van der Waals surface area contributed by atoms with Gasteiger partial charge in [-0.3, -0.25) is 0 Å². The Morgan fingerprint density at radius 3 is 2.38 bits per heavy atom. The molecule has 16 heavy (non-hydrogen) atoms. The van der Waals surface area contributed by atoms with Gasteiger partial charge in [0, 0.05) is 10.7 Å². The summed E-state index contributed by atoms with van der Waals surface area (Å²) >= 11 is 3.33. The van der Waals surface area contributed by atoms with Gasteiger partial charge >= 0.3 is 6.09 Å². The maximum Gasteiger partial charge on any atom is 0.434 e. The van der Waals surface area contributed by atoms with Gasteiger partial charge in [-0.25, -0.2) is 4.79 Å². The summed E-state index contributed by atoms with van der Waals surface area (Å²) in [4.78, 5) is 15.0. The predicted octanol–water partition coefficient (Wildman–Crippen LogP) is 3.80. The quantitative estimate of drug-likeness (QED) is 0.736. The molecule has 0 spiro atoms. The van der Waals surface area contributed by atoms with Crippen molar-refractivity contribution in [1.29, 1.82) is 0 Å². The Bertz CT molecular complexity index is 390. The highest BCUT2D eigenvalue weighted by molar-refractivity contribution is 9.10. The van der Waals surface area contributed by atoms with E-state index in [0.29, 0.717) is 0 Å². The van der Waals surface area contributed by atoms with E-state index in [9.17, 15) is 4.79 Å². The molecule has 0 bridgehead atoms. The third kappa shape index (κ3) is 5.07. The van der Waals surface area contributed by atoms with Crippen LogP contribution < -0.4 is 0 Å². The molecule has 0 atom stereocenters.